The third-order valence-corrected chi connectivity index (χ3v) is 8.42. The number of fused-ring (bicyclic) bond motifs is 3. The first-order valence-electron chi connectivity index (χ1n) is 15.5. The van der Waals surface area contributed by atoms with Crippen molar-refractivity contribution in [3.63, 3.8) is 0 Å². The van der Waals surface area contributed by atoms with Crippen LogP contribution in [-0.4, -0.2) is 74.6 Å². The van der Waals surface area contributed by atoms with E-state index in [2.05, 4.69) is 20.6 Å². The van der Waals surface area contributed by atoms with Crippen LogP contribution in [0.15, 0.2) is 30.4 Å². The molecule has 0 unspecified atom stereocenters. The van der Waals surface area contributed by atoms with Crippen molar-refractivity contribution in [1.82, 2.24) is 25.5 Å². The van der Waals surface area contributed by atoms with Gasteiger partial charge in [-0.15, -0.1) is 0 Å². The number of carbonyl (C=O) groups excluding carboxylic acids is 4. The molecule has 1 aromatic heterocycles. The molecule has 2 aromatic rings. The highest BCUT2D eigenvalue weighted by Gasteiger charge is 2.60. The van der Waals surface area contributed by atoms with E-state index in [9.17, 15) is 23.6 Å². The minimum Gasteiger partial charge on any atom is -0.471 e. The minimum atomic E-state index is -1.24. The lowest BCUT2D eigenvalue weighted by atomic mass is 10.0. The molecule has 12 nitrogen and oxygen atoms in total. The maximum atomic E-state index is 14.5. The zero-order chi connectivity index (χ0) is 32.5. The smallest absolute Gasteiger partial charge is 0.408 e. The van der Waals surface area contributed by atoms with Gasteiger partial charge < -0.3 is 30.7 Å². The van der Waals surface area contributed by atoms with E-state index < -0.39 is 59.0 Å². The first-order chi connectivity index (χ1) is 21.3. The number of amides is 4. The van der Waals surface area contributed by atoms with E-state index in [0.717, 1.165) is 19.3 Å². The van der Waals surface area contributed by atoms with Gasteiger partial charge in [-0.25, -0.2) is 19.2 Å². The molecule has 4 N–H and O–H groups in total. The van der Waals surface area contributed by atoms with Gasteiger partial charge in [-0.2, -0.15) is 0 Å². The monoisotopic (exact) mass is 624 g/mol. The number of benzene rings is 1. The summed E-state index contributed by atoms with van der Waals surface area (Å²) < 4.78 is 26.1. The van der Waals surface area contributed by atoms with Crippen LogP contribution in [0.25, 0.3) is 11.0 Å². The number of ether oxygens (including phenoxy) is 2. The number of para-hydroxylation sites is 1. The summed E-state index contributed by atoms with van der Waals surface area (Å²) in [5.74, 6) is -2.40. The lowest BCUT2D eigenvalue weighted by Crippen LogP contribution is -2.57. The molecule has 4 amide bonds. The number of aryl methyl sites for hydroxylation is 1. The summed E-state index contributed by atoms with van der Waals surface area (Å²) in [6, 6.07) is 2.45. The largest absolute Gasteiger partial charge is 0.471 e. The van der Waals surface area contributed by atoms with Gasteiger partial charge >= 0.3 is 6.09 Å². The molecule has 5 rings (SSSR count). The number of carbonyl (C=O) groups is 4. The molecule has 1 saturated carbocycles. The Balaban J connectivity index is 1.45. The Morgan fingerprint density at radius 1 is 1.18 bits per heavy atom. The van der Waals surface area contributed by atoms with Crippen molar-refractivity contribution in [3.05, 3.63) is 41.9 Å². The van der Waals surface area contributed by atoms with Crippen molar-refractivity contribution in [1.29, 1.82) is 0 Å². The van der Waals surface area contributed by atoms with E-state index >= 15 is 0 Å². The predicted octanol–water partition coefficient (Wildman–Crippen LogP) is 3.20. The molecule has 13 heteroatoms. The van der Waals surface area contributed by atoms with Crippen LogP contribution in [0.1, 0.15) is 71.4 Å². The maximum Gasteiger partial charge on any atom is 0.408 e. The van der Waals surface area contributed by atoms with Crippen molar-refractivity contribution >= 4 is 34.8 Å². The summed E-state index contributed by atoms with van der Waals surface area (Å²) in [7, 11) is 0. The van der Waals surface area contributed by atoms with Gasteiger partial charge in [0.25, 0.3) is 0 Å². The zero-order valence-corrected chi connectivity index (χ0v) is 26.1. The Bertz CT molecular complexity index is 1530. The number of halogens is 1. The summed E-state index contributed by atoms with van der Waals surface area (Å²) in [5, 5.41) is 5.55. The summed E-state index contributed by atoms with van der Waals surface area (Å²) in [6.45, 7) is 6.84. The normalized spacial score (nSPS) is 28.2. The highest BCUT2D eigenvalue weighted by Crippen LogP contribution is 2.45. The Morgan fingerprint density at radius 3 is 2.69 bits per heavy atom. The van der Waals surface area contributed by atoms with E-state index in [1.54, 1.807) is 39.8 Å². The van der Waals surface area contributed by atoms with Crippen LogP contribution in [0, 0.1) is 18.7 Å². The van der Waals surface area contributed by atoms with Gasteiger partial charge in [-0.1, -0.05) is 31.1 Å². The summed E-state index contributed by atoms with van der Waals surface area (Å²) in [5.41, 5.74) is 4.56. The molecule has 3 heterocycles. The topological polar surface area (TPSA) is 166 Å². The Morgan fingerprint density at radius 2 is 1.96 bits per heavy atom. The number of rotatable bonds is 4. The van der Waals surface area contributed by atoms with Crippen LogP contribution >= 0.6 is 0 Å². The molecule has 1 aromatic carbocycles. The molecular weight excluding hydrogens is 583 g/mol. The van der Waals surface area contributed by atoms with E-state index in [0.29, 0.717) is 30.5 Å². The molecule has 0 radical (unpaired) electrons. The number of alkyl carbamates (subject to hydrolysis) is 1. The van der Waals surface area contributed by atoms with Gasteiger partial charge in [0.15, 0.2) is 5.82 Å². The third kappa shape index (κ3) is 7.18. The van der Waals surface area contributed by atoms with Crippen LogP contribution in [0.2, 0.25) is 0 Å². The van der Waals surface area contributed by atoms with Crippen LogP contribution in [0.3, 0.4) is 0 Å². The van der Waals surface area contributed by atoms with Crippen molar-refractivity contribution in [3.8, 4) is 5.88 Å². The molecule has 2 aliphatic heterocycles. The van der Waals surface area contributed by atoms with Crippen molar-refractivity contribution in [2.45, 2.75) is 102 Å². The van der Waals surface area contributed by atoms with Crippen LogP contribution in [0.4, 0.5) is 9.18 Å². The van der Waals surface area contributed by atoms with Crippen molar-refractivity contribution < 1.29 is 33.0 Å². The Labute approximate surface area is 261 Å². The summed E-state index contributed by atoms with van der Waals surface area (Å²) in [4.78, 5) is 63.4. The standard InChI is InChI=1S/C32H41FN6O6/c1-18-27(37-25-21(33)12-10-14-22(25)35-18)44-20-15-24-26(40)38-32(29(34)42)16-19(32)11-8-6-5-7-9-13-23(28(41)39(24)17-20)36-30(43)45-31(2,3)4/h8,10-12,14,19-20,23-24H,5-7,9,13,15-17H2,1-4H3,(H2,34,42)(H,36,43)(H,38,40)/b11-8-/t19-,20-,23+,24+,32-/m1/s1. The molecule has 45 heavy (non-hydrogen) atoms. The number of nitrogens with two attached hydrogens (primary N) is 1. The predicted molar refractivity (Wildman–Crippen MR) is 162 cm³/mol. The Hall–Kier alpha value is -4.29. The average molecular weight is 625 g/mol. The fourth-order valence-corrected chi connectivity index (χ4v) is 6.03. The first-order valence-corrected chi connectivity index (χ1v) is 15.5. The number of primary amides is 1. The van der Waals surface area contributed by atoms with Crippen LogP contribution < -0.4 is 21.1 Å². The van der Waals surface area contributed by atoms with Gasteiger partial charge in [0.1, 0.15) is 40.5 Å². The van der Waals surface area contributed by atoms with Crippen molar-refractivity contribution in [2.75, 3.05) is 6.54 Å². The summed E-state index contributed by atoms with van der Waals surface area (Å²) in [6.07, 6.45) is 6.28. The molecular formula is C32H41FN6O6. The third-order valence-electron chi connectivity index (χ3n) is 8.42. The molecule has 0 spiro atoms. The number of nitrogens with one attached hydrogen (secondary N) is 2. The fraction of sp³-hybridized carbons (Fsp3) is 0.562. The van der Waals surface area contributed by atoms with Gasteiger partial charge in [0, 0.05) is 12.3 Å². The molecule has 1 aliphatic carbocycles. The summed E-state index contributed by atoms with van der Waals surface area (Å²) >= 11 is 0. The minimum absolute atomic E-state index is 0.0211. The number of hydrogen-bond donors (Lipinski definition) is 3. The average Bonchev–Trinajstić information content (AvgIpc) is 3.48. The van der Waals surface area contributed by atoms with E-state index in [4.69, 9.17) is 15.2 Å². The van der Waals surface area contributed by atoms with Crippen LogP contribution in [0.5, 0.6) is 5.88 Å². The highest BCUT2D eigenvalue weighted by atomic mass is 19.1. The molecule has 0 bridgehead atoms. The van der Waals surface area contributed by atoms with Gasteiger partial charge in [0.05, 0.1) is 12.1 Å². The fourth-order valence-electron chi connectivity index (χ4n) is 6.03. The van der Waals surface area contributed by atoms with E-state index in [1.807, 2.05) is 12.2 Å². The quantitative estimate of drug-likeness (QED) is 0.436. The number of hydrogen-bond acceptors (Lipinski definition) is 8. The number of allylic oxidation sites excluding steroid dienone is 1. The van der Waals surface area contributed by atoms with Crippen molar-refractivity contribution in [2.24, 2.45) is 11.7 Å². The van der Waals surface area contributed by atoms with E-state index in [1.165, 1.54) is 11.0 Å². The molecule has 242 valence electrons. The second-order valence-corrected chi connectivity index (χ2v) is 13.1. The van der Waals surface area contributed by atoms with Gasteiger partial charge in [-0.05, 0) is 65.5 Å². The second kappa shape index (κ2) is 12.6. The lowest BCUT2D eigenvalue weighted by molar-refractivity contribution is -0.141. The number of aromatic nitrogens is 2. The highest BCUT2D eigenvalue weighted by molar-refractivity contribution is 5.97. The maximum absolute atomic E-state index is 14.5. The molecule has 2 fully saturated rings. The zero-order valence-electron chi connectivity index (χ0n) is 26.1. The van der Waals surface area contributed by atoms with Gasteiger partial charge in [0.2, 0.25) is 23.6 Å². The molecule has 5 atom stereocenters. The Kier molecular flexibility index (Phi) is 8.99. The van der Waals surface area contributed by atoms with Crippen LogP contribution in [-0.2, 0) is 19.1 Å². The molecule has 3 aliphatic rings. The SMILES string of the molecule is Cc1nc2cccc(F)c2nc1O[C@@H]1C[C@H]2C(=O)N[C@]3(C(N)=O)C[C@H]3/C=C\CCCCC[C@H](NC(=O)OC(C)(C)C)C(=O)N2C1. The second-order valence-electron chi connectivity index (χ2n) is 13.1. The molecule has 1 saturated heterocycles. The number of nitrogens with zero attached hydrogens (tertiary/aromatic N) is 3. The van der Waals surface area contributed by atoms with Gasteiger partial charge in [-0.3, -0.25) is 14.4 Å². The first kappa shape index (κ1) is 32.1. The lowest BCUT2D eigenvalue weighted by Gasteiger charge is -2.30. The van der Waals surface area contributed by atoms with E-state index in [-0.39, 0.29) is 30.3 Å².